The van der Waals surface area contributed by atoms with Gasteiger partial charge in [-0.1, -0.05) is 15.9 Å². The molecule has 4 bridgehead atoms. The van der Waals surface area contributed by atoms with Crippen molar-refractivity contribution in [2.45, 2.75) is 18.9 Å². The molecule has 0 spiro atoms. The third-order valence-electron chi connectivity index (χ3n) is 4.66. The van der Waals surface area contributed by atoms with Gasteiger partial charge in [0.15, 0.2) is 0 Å². The molecule has 4 fully saturated rings. The predicted octanol–water partition coefficient (Wildman–Crippen LogP) is 2.56. The Morgan fingerprint density at radius 1 is 1.22 bits per heavy atom. The maximum absolute atomic E-state index is 6.20. The normalized spacial score (nSPS) is 41.1. The fraction of sp³-hybridized carbons (Fsp3) is 0.643. The number of piperidine rings is 3. The second-order valence-corrected chi connectivity index (χ2v) is 6.89. The topological polar surface area (TPSA) is 25.4 Å². The van der Waals surface area contributed by atoms with Crippen LogP contribution in [-0.2, 0) is 0 Å². The summed E-state index contributed by atoms with van der Waals surface area (Å²) < 4.78 is 7.25. The van der Waals surface area contributed by atoms with E-state index < -0.39 is 0 Å². The lowest BCUT2D eigenvalue weighted by Gasteiger charge is -2.55. The van der Waals surface area contributed by atoms with Crippen LogP contribution in [0.1, 0.15) is 12.8 Å². The Bertz CT molecular complexity index is 437. The maximum Gasteiger partial charge on any atom is 0.214 e. The van der Waals surface area contributed by atoms with E-state index in [1.807, 2.05) is 12.1 Å². The van der Waals surface area contributed by atoms with E-state index in [-0.39, 0.29) is 0 Å². The number of pyridine rings is 1. The molecular weight excluding hydrogens is 292 g/mol. The van der Waals surface area contributed by atoms with E-state index in [9.17, 15) is 0 Å². The summed E-state index contributed by atoms with van der Waals surface area (Å²) in [6, 6.07) is 3.92. The zero-order valence-corrected chi connectivity index (χ0v) is 11.8. The van der Waals surface area contributed by atoms with E-state index in [0.29, 0.717) is 6.10 Å². The number of ether oxygens (including phenoxy) is 1. The Balaban J connectivity index is 1.55. The minimum atomic E-state index is 0.389. The molecule has 1 saturated carbocycles. The van der Waals surface area contributed by atoms with Crippen LogP contribution < -0.4 is 4.74 Å². The van der Waals surface area contributed by atoms with Crippen LogP contribution in [-0.4, -0.2) is 35.6 Å². The Hall–Kier alpha value is -0.610. The highest BCUT2D eigenvalue weighted by atomic mass is 79.9. The van der Waals surface area contributed by atoms with Gasteiger partial charge < -0.3 is 9.64 Å². The van der Waals surface area contributed by atoms with Crippen molar-refractivity contribution in [2.75, 3.05) is 19.6 Å². The van der Waals surface area contributed by atoms with Crippen LogP contribution >= 0.6 is 15.9 Å². The van der Waals surface area contributed by atoms with Crippen molar-refractivity contribution in [1.29, 1.82) is 0 Å². The van der Waals surface area contributed by atoms with E-state index in [0.717, 1.165) is 28.1 Å². The van der Waals surface area contributed by atoms with Crippen LogP contribution in [0.15, 0.2) is 22.8 Å². The van der Waals surface area contributed by atoms with Crippen molar-refractivity contribution in [3.05, 3.63) is 22.8 Å². The molecule has 4 aliphatic rings. The van der Waals surface area contributed by atoms with Crippen LogP contribution in [0.4, 0.5) is 0 Å². The number of aromatic nitrogens is 1. The minimum Gasteiger partial charge on any atom is -0.474 e. The van der Waals surface area contributed by atoms with Crippen LogP contribution in [0.5, 0.6) is 5.88 Å². The molecule has 5 rings (SSSR count). The van der Waals surface area contributed by atoms with Gasteiger partial charge in [-0.2, -0.15) is 0 Å². The third kappa shape index (κ3) is 1.86. The van der Waals surface area contributed by atoms with Gasteiger partial charge in [-0.15, -0.1) is 0 Å². The summed E-state index contributed by atoms with van der Waals surface area (Å²) in [5, 5.41) is 0. The standard InChI is InChI=1S/C14H17BrN2O/c15-12-1-2-16-13(5-12)18-14-10-3-9-4-11(14)8-17(6-9)7-10/h1-2,5,9-11,14H,3-4,6-8H2. The lowest BCUT2D eigenvalue weighted by atomic mass is 9.66. The summed E-state index contributed by atoms with van der Waals surface area (Å²) in [6.45, 7) is 3.78. The first-order valence-electron chi connectivity index (χ1n) is 6.78. The molecule has 0 amide bonds. The molecule has 0 N–H and O–H groups in total. The number of hydrogen-bond acceptors (Lipinski definition) is 3. The molecule has 4 heterocycles. The SMILES string of the molecule is Brc1ccnc(OC2C3CC4CC2CN(C4)C3)c1. The smallest absolute Gasteiger partial charge is 0.214 e. The van der Waals surface area contributed by atoms with Crippen molar-refractivity contribution < 1.29 is 4.74 Å². The van der Waals surface area contributed by atoms with Gasteiger partial charge >= 0.3 is 0 Å². The summed E-state index contributed by atoms with van der Waals surface area (Å²) in [7, 11) is 0. The van der Waals surface area contributed by atoms with Gasteiger partial charge in [0.1, 0.15) is 6.10 Å². The molecule has 0 radical (unpaired) electrons. The molecule has 3 nitrogen and oxygen atoms in total. The quantitative estimate of drug-likeness (QED) is 0.839. The second-order valence-electron chi connectivity index (χ2n) is 5.97. The summed E-state index contributed by atoms with van der Waals surface area (Å²) in [6.07, 6.45) is 4.90. The van der Waals surface area contributed by atoms with Crippen LogP contribution in [0.2, 0.25) is 0 Å². The van der Waals surface area contributed by atoms with E-state index in [1.165, 1.54) is 32.5 Å². The van der Waals surface area contributed by atoms with E-state index >= 15 is 0 Å². The highest BCUT2D eigenvalue weighted by molar-refractivity contribution is 9.10. The average molecular weight is 309 g/mol. The monoisotopic (exact) mass is 308 g/mol. The molecule has 2 atom stereocenters. The zero-order chi connectivity index (χ0) is 12.1. The van der Waals surface area contributed by atoms with Crippen LogP contribution in [0.3, 0.4) is 0 Å². The predicted molar refractivity (Wildman–Crippen MR) is 72.5 cm³/mol. The maximum atomic E-state index is 6.20. The number of halogens is 1. The minimum absolute atomic E-state index is 0.389. The number of nitrogens with zero attached hydrogens (tertiary/aromatic N) is 2. The molecule has 18 heavy (non-hydrogen) atoms. The van der Waals surface area contributed by atoms with Crippen LogP contribution in [0, 0.1) is 17.8 Å². The summed E-state index contributed by atoms with van der Waals surface area (Å²) >= 11 is 3.48. The van der Waals surface area contributed by atoms with Gasteiger partial charge in [0, 0.05) is 48.2 Å². The number of hydrogen-bond donors (Lipinski definition) is 0. The van der Waals surface area contributed by atoms with Crippen molar-refractivity contribution in [3.8, 4) is 5.88 Å². The van der Waals surface area contributed by atoms with Gasteiger partial charge in [0.25, 0.3) is 0 Å². The molecule has 3 saturated heterocycles. The van der Waals surface area contributed by atoms with E-state index in [1.54, 1.807) is 6.20 Å². The molecule has 3 aliphatic heterocycles. The van der Waals surface area contributed by atoms with Gasteiger partial charge in [0.05, 0.1) is 0 Å². The molecule has 0 aromatic carbocycles. The third-order valence-corrected chi connectivity index (χ3v) is 5.15. The molecule has 1 aromatic heterocycles. The first-order chi connectivity index (χ1) is 8.78. The van der Waals surface area contributed by atoms with E-state index in [4.69, 9.17) is 4.74 Å². The molecule has 2 unspecified atom stereocenters. The van der Waals surface area contributed by atoms with Gasteiger partial charge in [-0.3, -0.25) is 0 Å². The average Bonchev–Trinajstić information content (AvgIpc) is 2.33. The van der Waals surface area contributed by atoms with Crippen molar-refractivity contribution in [3.63, 3.8) is 0 Å². The van der Waals surface area contributed by atoms with Crippen molar-refractivity contribution in [2.24, 2.45) is 17.8 Å². The largest absolute Gasteiger partial charge is 0.474 e. The van der Waals surface area contributed by atoms with Gasteiger partial charge in [0.2, 0.25) is 5.88 Å². The molecule has 1 aliphatic carbocycles. The first-order valence-corrected chi connectivity index (χ1v) is 7.58. The second kappa shape index (κ2) is 4.20. The summed E-state index contributed by atoms with van der Waals surface area (Å²) in [5.74, 6) is 3.14. The Labute approximate surface area is 116 Å². The van der Waals surface area contributed by atoms with Gasteiger partial charge in [-0.25, -0.2) is 4.98 Å². The molecule has 4 heteroatoms. The lowest BCUT2D eigenvalue weighted by molar-refractivity contribution is -0.0997. The summed E-state index contributed by atoms with van der Waals surface area (Å²) in [4.78, 5) is 6.95. The Morgan fingerprint density at radius 3 is 2.67 bits per heavy atom. The zero-order valence-electron chi connectivity index (χ0n) is 10.3. The first kappa shape index (κ1) is 11.2. The van der Waals surface area contributed by atoms with Gasteiger partial charge in [-0.05, 0) is 24.8 Å². The molecule has 96 valence electrons. The van der Waals surface area contributed by atoms with Crippen molar-refractivity contribution in [1.82, 2.24) is 9.88 Å². The van der Waals surface area contributed by atoms with Crippen molar-refractivity contribution >= 4 is 15.9 Å². The highest BCUT2D eigenvalue weighted by Crippen LogP contribution is 2.44. The Kier molecular flexibility index (Phi) is 2.62. The summed E-state index contributed by atoms with van der Waals surface area (Å²) in [5.41, 5.74) is 0. The molecule has 1 aromatic rings. The highest BCUT2D eigenvalue weighted by Gasteiger charge is 2.48. The fourth-order valence-corrected chi connectivity index (χ4v) is 4.46. The lowest BCUT2D eigenvalue weighted by Crippen LogP contribution is -2.61. The molecular formula is C14H17BrN2O. The van der Waals surface area contributed by atoms with E-state index in [2.05, 4.69) is 25.8 Å². The Morgan fingerprint density at radius 2 is 2.00 bits per heavy atom. The van der Waals surface area contributed by atoms with Crippen LogP contribution in [0.25, 0.3) is 0 Å². The fourth-order valence-electron chi connectivity index (χ4n) is 4.15. The number of rotatable bonds is 2.